The largest absolute Gasteiger partial charge is 0.459 e. The number of fused-ring (bicyclic) bond motifs is 1. The molecule has 0 saturated heterocycles. The molecule has 314 valence electrons. The number of carbonyl (C=O) groups excluding carboxylic acids is 6. The molecule has 1 fully saturated rings. The van der Waals surface area contributed by atoms with Gasteiger partial charge in [-0.3, -0.25) is 24.0 Å². The molecule has 5 amide bonds. The molecular formula is C45H58BN5O8. The number of carbonyl (C=O) groups is 6. The Labute approximate surface area is 347 Å². The maximum atomic E-state index is 14.3. The van der Waals surface area contributed by atoms with Crippen molar-refractivity contribution in [3.05, 3.63) is 107 Å². The van der Waals surface area contributed by atoms with Crippen LogP contribution in [-0.2, 0) is 54.6 Å². The predicted octanol–water partition coefficient (Wildman–Crippen LogP) is 3.25. The van der Waals surface area contributed by atoms with E-state index in [4.69, 9.17) is 4.74 Å². The number of rotatable bonds is 19. The lowest BCUT2D eigenvalue weighted by atomic mass is 9.82. The first-order valence-electron chi connectivity index (χ1n) is 21.0. The van der Waals surface area contributed by atoms with Crippen molar-refractivity contribution < 1.29 is 38.6 Å². The van der Waals surface area contributed by atoms with Crippen LogP contribution < -0.4 is 26.6 Å². The van der Waals surface area contributed by atoms with E-state index >= 15 is 0 Å². The Hall–Kier alpha value is -5.50. The smallest absolute Gasteiger partial charge is 0.333 e. The van der Waals surface area contributed by atoms with Gasteiger partial charge in [0, 0.05) is 6.42 Å². The van der Waals surface area contributed by atoms with Crippen molar-refractivity contribution in [2.45, 2.75) is 121 Å². The molecule has 0 spiro atoms. The fraction of sp³-hybridized carbons (Fsp3) is 0.467. The SMILES string of the molecule is BC(=O)N[C@H](C(=O)N[C@@H](Cc1cccc2c1CCCC2)C(=O)NC(CCC)C(O)C(=O)NCC(=O)N[C@H](C(=O)OCc1ccccc1)c1ccccc1)C1CCCCC1. The predicted molar refractivity (Wildman–Crippen MR) is 226 cm³/mol. The standard InChI is InChI=1S/C45H58BN5O8/c1-2-15-35(40(53)43(56)47-27-37(52)50-39(32-21-10-5-11-22-32)44(57)59-28-29-16-6-3-7-17-29)48-41(54)36(26-33-24-14-23-30-18-12-13-25-34(30)33)49-42(55)38(51-45(46)58)31-19-8-4-9-20-31/h3,5-7,10-11,14,16-17,21-24,31,35-36,38-40,53H,2,4,8-9,12-13,15,18-20,25-28,46H2,1H3,(H,47,56)(H,48,54)(H,49,55)(H,50,52)(H,51,58)/t35?,36-,38-,39-,40?/m0/s1. The van der Waals surface area contributed by atoms with Crippen LogP contribution in [0.4, 0.5) is 4.79 Å². The molecule has 5 rings (SSSR count). The molecule has 0 bridgehead atoms. The van der Waals surface area contributed by atoms with Crippen molar-refractivity contribution in [2.75, 3.05) is 6.54 Å². The topological polar surface area (TPSA) is 192 Å². The highest BCUT2D eigenvalue weighted by Crippen LogP contribution is 2.28. The molecule has 0 radical (unpaired) electrons. The minimum absolute atomic E-state index is 0.000825. The van der Waals surface area contributed by atoms with Crippen LogP contribution >= 0.6 is 0 Å². The molecule has 2 aliphatic rings. The van der Waals surface area contributed by atoms with E-state index in [1.807, 2.05) is 49.4 Å². The number of benzene rings is 3. The average molecular weight is 808 g/mol. The van der Waals surface area contributed by atoms with Gasteiger partial charge in [0.1, 0.15) is 18.7 Å². The zero-order valence-corrected chi connectivity index (χ0v) is 34.2. The monoisotopic (exact) mass is 807 g/mol. The lowest BCUT2D eigenvalue weighted by Gasteiger charge is -2.32. The second kappa shape index (κ2) is 22.6. The highest BCUT2D eigenvalue weighted by molar-refractivity contribution is 6.57. The quantitative estimate of drug-likeness (QED) is 0.0786. The third-order valence-corrected chi connectivity index (χ3v) is 11.2. The van der Waals surface area contributed by atoms with Gasteiger partial charge in [0.05, 0.1) is 12.6 Å². The number of amides is 5. The molecule has 0 aliphatic heterocycles. The van der Waals surface area contributed by atoms with Crippen molar-refractivity contribution in [2.24, 2.45) is 5.92 Å². The van der Waals surface area contributed by atoms with E-state index in [0.717, 1.165) is 68.9 Å². The zero-order valence-electron chi connectivity index (χ0n) is 34.2. The van der Waals surface area contributed by atoms with Crippen LogP contribution in [0.25, 0.3) is 0 Å². The van der Waals surface area contributed by atoms with Crippen LogP contribution in [0.3, 0.4) is 0 Å². The molecule has 5 atom stereocenters. The van der Waals surface area contributed by atoms with Gasteiger partial charge in [0.2, 0.25) is 25.6 Å². The van der Waals surface area contributed by atoms with Crippen molar-refractivity contribution in [3.8, 4) is 0 Å². The highest BCUT2D eigenvalue weighted by Gasteiger charge is 2.35. The van der Waals surface area contributed by atoms with E-state index in [0.29, 0.717) is 12.0 Å². The lowest BCUT2D eigenvalue weighted by Crippen LogP contribution is -2.59. The van der Waals surface area contributed by atoms with E-state index in [9.17, 15) is 33.9 Å². The van der Waals surface area contributed by atoms with Crippen molar-refractivity contribution in [1.82, 2.24) is 26.6 Å². The van der Waals surface area contributed by atoms with Crippen LogP contribution in [0, 0.1) is 5.92 Å². The van der Waals surface area contributed by atoms with Gasteiger partial charge in [-0.1, -0.05) is 111 Å². The first-order valence-corrected chi connectivity index (χ1v) is 21.0. The van der Waals surface area contributed by atoms with E-state index in [-0.39, 0.29) is 31.2 Å². The first kappa shape index (κ1) is 44.6. The maximum absolute atomic E-state index is 14.3. The van der Waals surface area contributed by atoms with Gasteiger partial charge < -0.3 is 36.4 Å². The van der Waals surface area contributed by atoms with Crippen LogP contribution in [0.2, 0.25) is 0 Å². The Morgan fingerprint density at radius 2 is 1.46 bits per heavy atom. The lowest BCUT2D eigenvalue weighted by molar-refractivity contribution is -0.149. The normalized spacial score (nSPS) is 16.4. The van der Waals surface area contributed by atoms with Gasteiger partial charge in [-0.2, -0.15) is 0 Å². The summed E-state index contributed by atoms with van der Waals surface area (Å²) in [7, 11) is 1.37. The number of aryl methyl sites for hydroxylation is 1. The molecule has 3 aromatic rings. The molecular weight excluding hydrogens is 749 g/mol. The van der Waals surface area contributed by atoms with Crippen LogP contribution in [-0.4, -0.2) is 79.1 Å². The Morgan fingerprint density at radius 1 is 0.763 bits per heavy atom. The van der Waals surface area contributed by atoms with Gasteiger partial charge in [0.25, 0.3) is 5.91 Å². The van der Waals surface area contributed by atoms with Gasteiger partial charge in [-0.05, 0) is 78.7 Å². The van der Waals surface area contributed by atoms with E-state index in [1.165, 1.54) is 19.0 Å². The van der Waals surface area contributed by atoms with Crippen molar-refractivity contribution in [3.63, 3.8) is 0 Å². The van der Waals surface area contributed by atoms with Gasteiger partial charge >= 0.3 is 5.97 Å². The van der Waals surface area contributed by atoms with Crippen LogP contribution in [0.15, 0.2) is 78.9 Å². The van der Waals surface area contributed by atoms with Crippen LogP contribution in [0.1, 0.15) is 98.6 Å². The Morgan fingerprint density at radius 3 is 2.15 bits per heavy atom. The number of aliphatic hydroxyl groups is 1. The molecule has 0 heterocycles. The van der Waals surface area contributed by atoms with Gasteiger partial charge in [-0.25, -0.2) is 4.79 Å². The Bertz CT molecular complexity index is 1890. The van der Waals surface area contributed by atoms with Gasteiger partial charge in [-0.15, -0.1) is 0 Å². The maximum Gasteiger partial charge on any atom is 0.333 e. The summed E-state index contributed by atoms with van der Waals surface area (Å²) in [5.74, 6) is -3.73. The summed E-state index contributed by atoms with van der Waals surface area (Å²) in [5, 5.41) is 25.0. The number of nitrogens with one attached hydrogen (secondary N) is 5. The number of aliphatic hydroxyl groups excluding tert-OH is 1. The van der Waals surface area contributed by atoms with Crippen molar-refractivity contribution in [1.29, 1.82) is 0 Å². The second-order valence-electron chi connectivity index (χ2n) is 15.7. The van der Waals surface area contributed by atoms with Crippen LogP contribution in [0.5, 0.6) is 0 Å². The number of ether oxygens (including phenoxy) is 1. The summed E-state index contributed by atoms with van der Waals surface area (Å²) in [5.41, 5.74) is 4.58. The molecule has 14 heteroatoms. The molecule has 0 aromatic heterocycles. The third-order valence-electron chi connectivity index (χ3n) is 11.2. The van der Waals surface area contributed by atoms with E-state index < -0.39 is 66.4 Å². The number of hydrogen-bond acceptors (Lipinski definition) is 8. The minimum Gasteiger partial charge on any atom is -0.459 e. The second-order valence-corrected chi connectivity index (χ2v) is 15.7. The number of hydrogen-bond donors (Lipinski definition) is 6. The zero-order chi connectivity index (χ0) is 42.1. The average Bonchev–Trinajstić information content (AvgIpc) is 3.26. The molecule has 2 aliphatic carbocycles. The molecule has 2 unspecified atom stereocenters. The summed E-state index contributed by atoms with van der Waals surface area (Å²) in [6.45, 7) is 1.28. The third kappa shape index (κ3) is 13.3. The molecule has 6 N–H and O–H groups in total. The summed E-state index contributed by atoms with van der Waals surface area (Å²) in [6, 6.07) is 19.6. The molecule has 59 heavy (non-hydrogen) atoms. The summed E-state index contributed by atoms with van der Waals surface area (Å²) in [4.78, 5) is 80.2. The molecule has 3 aromatic carbocycles. The summed E-state index contributed by atoms with van der Waals surface area (Å²) < 4.78 is 5.51. The highest BCUT2D eigenvalue weighted by atomic mass is 16.5. The van der Waals surface area contributed by atoms with Crippen molar-refractivity contribution >= 4 is 43.3 Å². The minimum atomic E-state index is -1.75. The Kier molecular flexibility index (Phi) is 17.1. The summed E-state index contributed by atoms with van der Waals surface area (Å²) >= 11 is 0. The van der Waals surface area contributed by atoms with E-state index in [1.54, 1.807) is 30.3 Å². The molecule has 1 saturated carbocycles. The van der Waals surface area contributed by atoms with Gasteiger partial charge in [0.15, 0.2) is 18.0 Å². The fourth-order valence-corrected chi connectivity index (χ4v) is 8.13. The van der Waals surface area contributed by atoms with E-state index in [2.05, 4.69) is 32.7 Å². The fourth-order valence-electron chi connectivity index (χ4n) is 8.13. The summed E-state index contributed by atoms with van der Waals surface area (Å²) in [6.07, 6.45) is 7.54. The molecule has 13 nitrogen and oxygen atoms in total. The first-order chi connectivity index (χ1) is 28.5. The number of esters is 1. The Balaban J connectivity index is 1.26.